The molecule has 0 bridgehead atoms. The zero-order valence-electron chi connectivity index (χ0n) is 11.0. The fourth-order valence-electron chi connectivity index (χ4n) is 2.25. The molecule has 3 heterocycles. The molecule has 0 saturated heterocycles. The number of allylic oxidation sites excluding steroid dienone is 1. The summed E-state index contributed by atoms with van der Waals surface area (Å²) in [5.41, 5.74) is 1.49. The lowest BCUT2D eigenvalue weighted by Gasteiger charge is -2.15. The summed E-state index contributed by atoms with van der Waals surface area (Å²) in [4.78, 5) is 13.0. The predicted molar refractivity (Wildman–Crippen MR) is 82.8 cm³/mol. The maximum absolute atomic E-state index is 10.1. The Kier molecular flexibility index (Phi) is 3.43. The van der Waals surface area contributed by atoms with Gasteiger partial charge in [-0.05, 0) is 17.9 Å². The van der Waals surface area contributed by atoms with E-state index < -0.39 is 0 Å². The first-order valence-electron chi connectivity index (χ1n) is 6.05. The second-order valence-electron chi connectivity index (χ2n) is 4.56. The molecule has 0 aromatic carbocycles. The highest BCUT2D eigenvalue weighted by atomic mass is 35.5. The Morgan fingerprint density at radius 2 is 2.15 bits per heavy atom. The van der Waals surface area contributed by atoms with Crippen LogP contribution >= 0.6 is 23.4 Å². The fraction of sp³-hybridized carbons (Fsp3) is 0.308. The number of fused-ring (bicyclic) bond motifs is 1. The quantitative estimate of drug-likeness (QED) is 0.854. The van der Waals surface area contributed by atoms with Gasteiger partial charge in [0, 0.05) is 25.4 Å². The first kappa shape index (κ1) is 13.5. The first-order valence-corrected chi connectivity index (χ1v) is 7.65. The standard InChI is InChI=1S/C13H13ClN4OS/c1-18-12(19)10(17-13(18)20-2)3-7-5-15-11-9(7)4-8(14)6-16-11/h3-6,9,11,19H,1-2H3. The van der Waals surface area contributed by atoms with Crippen molar-refractivity contribution >= 4 is 41.9 Å². The summed E-state index contributed by atoms with van der Waals surface area (Å²) in [7, 11) is 1.78. The zero-order valence-corrected chi connectivity index (χ0v) is 12.6. The van der Waals surface area contributed by atoms with Gasteiger partial charge in [0.05, 0.1) is 5.03 Å². The van der Waals surface area contributed by atoms with E-state index in [-0.39, 0.29) is 18.0 Å². The summed E-state index contributed by atoms with van der Waals surface area (Å²) >= 11 is 7.48. The van der Waals surface area contributed by atoms with Crippen LogP contribution in [0.4, 0.5) is 0 Å². The first-order chi connectivity index (χ1) is 9.60. The van der Waals surface area contributed by atoms with Crippen LogP contribution in [0.2, 0.25) is 0 Å². The van der Waals surface area contributed by atoms with Gasteiger partial charge in [0.2, 0.25) is 5.88 Å². The maximum atomic E-state index is 10.1. The van der Waals surface area contributed by atoms with Gasteiger partial charge in [-0.3, -0.25) is 14.6 Å². The molecule has 5 nitrogen and oxygen atoms in total. The van der Waals surface area contributed by atoms with E-state index in [4.69, 9.17) is 11.6 Å². The average molecular weight is 309 g/mol. The van der Waals surface area contributed by atoms with Crippen molar-refractivity contribution in [1.82, 2.24) is 9.55 Å². The SMILES string of the molecule is CSc1nc(C=C2C=NC3N=CC(Cl)=CC23)c(O)n1C. The van der Waals surface area contributed by atoms with Crippen molar-refractivity contribution in [3.63, 3.8) is 0 Å². The van der Waals surface area contributed by atoms with Crippen LogP contribution in [-0.4, -0.2) is 39.5 Å². The Balaban J connectivity index is 1.97. The van der Waals surface area contributed by atoms with Gasteiger partial charge in [-0.15, -0.1) is 0 Å². The molecule has 1 N–H and O–H groups in total. The van der Waals surface area contributed by atoms with Crippen LogP contribution in [-0.2, 0) is 7.05 Å². The third-order valence-corrected chi connectivity index (χ3v) is 4.26. The highest BCUT2D eigenvalue weighted by Gasteiger charge is 2.29. The number of aromatic hydroxyl groups is 1. The van der Waals surface area contributed by atoms with Gasteiger partial charge < -0.3 is 5.11 Å². The number of thioether (sulfide) groups is 1. The predicted octanol–water partition coefficient (Wildman–Crippen LogP) is 2.46. The number of hydrogen-bond acceptors (Lipinski definition) is 5. The summed E-state index contributed by atoms with van der Waals surface area (Å²) < 4.78 is 1.66. The molecule has 0 fully saturated rings. The minimum absolute atomic E-state index is 0.0200. The monoisotopic (exact) mass is 308 g/mol. The third kappa shape index (κ3) is 2.19. The lowest BCUT2D eigenvalue weighted by molar-refractivity contribution is 0.424. The summed E-state index contributed by atoms with van der Waals surface area (Å²) in [6, 6.07) is 0. The number of dihydropyridines is 1. The topological polar surface area (TPSA) is 62.8 Å². The highest BCUT2D eigenvalue weighted by Crippen LogP contribution is 2.33. The Morgan fingerprint density at radius 3 is 2.85 bits per heavy atom. The van der Waals surface area contributed by atoms with E-state index in [1.165, 1.54) is 11.8 Å². The molecule has 7 heteroatoms. The number of aromatic nitrogens is 2. The number of nitrogens with zero attached hydrogens (tertiary/aromatic N) is 4. The molecule has 2 aliphatic rings. The van der Waals surface area contributed by atoms with Crippen LogP contribution in [0.25, 0.3) is 6.08 Å². The second kappa shape index (κ2) is 5.10. The van der Waals surface area contributed by atoms with Crippen molar-refractivity contribution in [1.29, 1.82) is 0 Å². The van der Waals surface area contributed by atoms with Gasteiger partial charge in [-0.2, -0.15) is 0 Å². The Morgan fingerprint density at radius 1 is 1.40 bits per heavy atom. The summed E-state index contributed by atoms with van der Waals surface area (Å²) in [5.74, 6) is 0.166. The van der Waals surface area contributed by atoms with Gasteiger partial charge in [-0.1, -0.05) is 29.4 Å². The fourth-order valence-corrected chi connectivity index (χ4v) is 2.99. The summed E-state index contributed by atoms with van der Waals surface area (Å²) in [6.45, 7) is 0. The van der Waals surface area contributed by atoms with Gasteiger partial charge in [-0.25, -0.2) is 4.98 Å². The smallest absolute Gasteiger partial charge is 0.219 e. The highest BCUT2D eigenvalue weighted by molar-refractivity contribution is 7.98. The zero-order chi connectivity index (χ0) is 14.3. The molecule has 3 rings (SSSR count). The molecule has 20 heavy (non-hydrogen) atoms. The minimum Gasteiger partial charge on any atom is -0.493 e. The van der Waals surface area contributed by atoms with Crippen LogP contribution < -0.4 is 0 Å². The normalized spacial score (nSPS) is 26.1. The number of aliphatic imine (C=N–C) groups is 2. The molecule has 0 saturated carbocycles. The summed E-state index contributed by atoms with van der Waals surface area (Å²) in [5, 5.41) is 11.5. The molecule has 1 aromatic heterocycles. The van der Waals surface area contributed by atoms with E-state index in [9.17, 15) is 5.11 Å². The average Bonchev–Trinajstić information content (AvgIpc) is 2.95. The Hall–Kier alpha value is -1.53. The molecule has 0 spiro atoms. The number of hydrogen-bond donors (Lipinski definition) is 1. The van der Waals surface area contributed by atoms with Gasteiger partial charge in [0.15, 0.2) is 5.16 Å². The number of imidazole rings is 1. The molecule has 2 aliphatic heterocycles. The molecule has 104 valence electrons. The van der Waals surface area contributed by atoms with Crippen LogP contribution in [0.3, 0.4) is 0 Å². The van der Waals surface area contributed by atoms with Crippen molar-refractivity contribution in [2.24, 2.45) is 23.0 Å². The second-order valence-corrected chi connectivity index (χ2v) is 5.77. The molecule has 0 aliphatic carbocycles. The molecule has 0 amide bonds. The van der Waals surface area contributed by atoms with E-state index in [0.29, 0.717) is 10.7 Å². The largest absolute Gasteiger partial charge is 0.493 e. The Labute approximate surface area is 125 Å². The summed E-state index contributed by atoms with van der Waals surface area (Å²) in [6.07, 6.45) is 8.93. The van der Waals surface area contributed by atoms with E-state index in [1.807, 2.05) is 18.4 Å². The molecular weight excluding hydrogens is 296 g/mol. The van der Waals surface area contributed by atoms with Crippen molar-refractivity contribution < 1.29 is 5.11 Å². The van der Waals surface area contributed by atoms with Gasteiger partial charge in [0.25, 0.3) is 0 Å². The van der Waals surface area contributed by atoms with Crippen molar-refractivity contribution in [2.75, 3.05) is 6.26 Å². The van der Waals surface area contributed by atoms with Crippen molar-refractivity contribution in [3.8, 4) is 5.88 Å². The Bertz CT molecular complexity index is 674. The number of rotatable bonds is 2. The van der Waals surface area contributed by atoms with E-state index >= 15 is 0 Å². The van der Waals surface area contributed by atoms with Crippen LogP contribution in [0.5, 0.6) is 5.88 Å². The molecule has 1 aromatic rings. The van der Waals surface area contributed by atoms with Gasteiger partial charge in [0.1, 0.15) is 11.9 Å². The van der Waals surface area contributed by atoms with E-state index in [2.05, 4.69) is 15.0 Å². The molecule has 2 unspecified atom stereocenters. The van der Waals surface area contributed by atoms with Crippen molar-refractivity contribution in [2.45, 2.75) is 11.3 Å². The molecule has 2 atom stereocenters. The minimum atomic E-state index is -0.144. The van der Waals surface area contributed by atoms with Crippen molar-refractivity contribution in [3.05, 3.63) is 22.4 Å². The van der Waals surface area contributed by atoms with Gasteiger partial charge >= 0.3 is 0 Å². The van der Waals surface area contributed by atoms with Crippen LogP contribution in [0.1, 0.15) is 5.69 Å². The maximum Gasteiger partial charge on any atom is 0.219 e. The lowest BCUT2D eigenvalue weighted by Crippen LogP contribution is -2.15. The lowest BCUT2D eigenvalue weighted by atomic mass is 9.97. The van der Waals surface area contributed by atoms with E-state index in [0.717, 1.165) is 10.7 Å². The molecule has 0 radical (unpaired) electrons. The number of halogens is 1. The van der Waals surface area contributed by atoms with Crippen LogP contribution in [0.15, 0.2) is 31.8 Å². The van der Waals surface area contributed by atoms with E-state index in [1.54, 1.807) is 24.0 Å². The van der Waals surface area contributed by atoms with Crippen LogP contribution in [0, 0.1) is 5.92 Å². The third-order valence-electron chi connectivity index (χ3n) is 3.31. The molecular formula is C13H13ClN4OS.